The Kier molecular flexibility index (Phi) is 5.53. The molecule has 0 saturated heterocycles. The van der Waals surface area contributed by atoms with Crippen molar-refractivity contribution >= 4 is 27.7 Å². The van der Waals surface area contributed by atoms with Crippen molar-refractivity contribution in [3.05, 3.63) is 58.2 Å². The van der Waals surface area contributed by atoms with Crippen molar-refractivity contribution in [1.29, 1.82) is 0 Å². The van der Waals surface area contributed by atoms with Gasteiger partial charge < -0.3 is 15.1 Å². The maximum Gasteiger partial charge on any atom is 0.286 e. The summed E-state index contributed by atoms with van der Waals surface area (Å²) in [6.45, 7) is 0.256. The van der Waals surface area contributed by atoms with Gasteiger partial charge >= 0.3 is 0 Å². The van der Waals surface area contributed by atoms with Crippen molar-refractivity contribution in [3.8, 4) is 0 Å². The minimum Gasteiger partial charge on any atom is -0.459 e. The zero-order valence-electron chi connectivity index (χ0n) is 13.4. The van der Waals surface area contributed by atoms with Crippen LogP contribution < -0.4 is 10.6 Å². The molecule has 0 aliphatic heterocycles. The zero-order chi connectivity index (χ0) is 17.8. The molecule has 1 saturated carbocycles. The number of nitrogens with one attached hydrogen (secondary N) is 2. The number of hydrogen-bond acceptors (Lipinski definition) is 3. The van der Waals surface area contributed by atoms with Crippen LogP contribution in [-0.4, -0.2) is 24.4 Å². The van der Waals surface area contributed by atoms with Crippen LogP contribution in [0.25, 0.3) is 0 Å². The summed E-state index contributed by atoms with van der Waals surface area (Å²) in [6.07, 6.45) is 3.31. The second-order valence-corrected chi connectivity index (χ2v) is 6.94. The number of carbonyl (C=O) groups is 2. The minimum atomic E-state index is -0.330. The van der Waals surface area contributed by atoms with E-state index in [1.165, 1.54) is 12.3 Å². The second kappa shape index (κ2) is 7.82. The Morgan fingerprint density at radius 3 is 2.76 bits per heavy atom. The van der Waals surface area contributed by atoms with Gasteiger partial charge in [0, 0.05) is 19.0 Å². The maximum atomic E-state index is 13.3. The molecule has 25 heavy (non-hydrogen) atoms. The zero-order valence-corrected chi connectivity index (χ0v) is 15.0. The van der Waals surface area contributed by atoms with Crippen LogP contribution in [0.15, 0.2) is 45.5 Å². The van der Waals surface area contributed by atoms with Crippen molar-refractivity contribution < 1.29 is 18.4 Å². The Bertz CT molecular complexity index is 758. The van der Waals surface area contributed by atoms with Crippen molar-refractivity contribution in [2.45, 2.75) is 31.2 Å². The van der Waals surface area contributed by atoms with Crippen molar-refractivity contribution in [3.63, 3.8) is 0 Å². The van der Waals surface area contributed by atoms with E-state index < -0.39 is 0 Å². The van der Waals surface area contributed by atoms with Gasteiger partial charge in [-0.25, -0.2) is 4.39 Å². The molecule has 1 heterocycles. The fourth-order valence-electron chi connectivity index (χ4n) is 2.86. The molecule has 0 spiro atoms. The van der Waals surface area contributed by atoms with Gasteiger partial charge in [-0.15, -0.1) is 0 Å². The molecule has 0 unspecified atom stereocenters. The van der Waals surface area contributed by atoms with Gasteiger partial charge in [-0.2, -0.15) is 0 Å². The predicted octanol–water partition coefficient (Wildman–Crippen LogP) is 3.36. The molecule has 5 nitrogen and oxygen atoms in total. The van der Waals surface area contributed by atoms with Crippen LogP contribution in [0.2, 0.25) is 0 Å². The first-order valence-corrected chi connectivity index (χ1v) is 8.88. The summed E-state index contributed by atoms with van der Waals surface area (Å²) in [5, 5.41) is 5.59. The van der Waals surface area contributed by atoms with E-state index in [1.807, 2.05) is 0 Å². The molecule has 1 aliphatic carbocycles. The Balaban J connectivity index is 1.36. The third-order valence-electron chi connectivity index (χ3n) is 4.30. The molecular formula is C18H18BrFN2O3. The summed E-state index contributed by atoms with van der Waals surface area (Å²) in [5.74, 6) is -0.134. The summed E-state index contributed by atoms with van der Waals surface area (Å²) in [7, 11) is 0. The van der Waals surface area contributed by atoms with Gasteiger partial charge in [0.05, 0.1) is 10.7 Å². The average Bonchev–Trinajstić information content (AvgIpc) is 3.08. The van der Waals surface area contributed by atoms with E-state index in [9.17, 15) is 14.0 Å². The molecule has 1 aromatic carbocycles. The number of rotatable bonds is 6. The van der Waals surface area contributed by atoms with E-state index in [1.54, 1.807) is 24.3 Å². The van der Waals surface area contributed by atoms with Crippen molar-refractivity contribution in [2.75, 3.05) is 6.54 Å². The van der Waals surface area contributed by atoms with Gasteiger partial charge in [0.15, 0.2) is 5.76 Å². The summed E-state index contributed by atoms with van der Waals surface area (Å²) >= 11 is 3.19. The summed E-state index contributed by atoms with van der Waals surface area (Å²) < 4.78 is 18.7. The number of hydrogen-bond donors (Lipinski definition) is 2. The maximum absolute atomic E-state index is 13.3. The van der Waals surface area contributed by atoms with Crippen LogP contribution in [0.3, 0.4) is 0 Å². The van der Waals surface area contributed by atoms with Gasteiger partial charge in [-0.3, -0.25) is 9.59 Å². The van der Waals surface area contributed by atoms with Gasteiger partial charge in [0.2, 0.25) is 5.91 Å². The number of halogens is 2. The molecule has 7 heteroatoms. The van der Waals surface area contributed by atoms with Crippen LogP contribution in [0.4, 0.5) is 4.39 Å². The van der Waals surface area contributed by atoms with E-state index in [0.29, 0.717) is 10.4 Å². The molecule has 3 rings (SSSR count). The highest BCUT2D eigenvalue weighted by atomic mass is 79.9. The predicted molar refractivity (Wildman–Crippen MR) is 93.7 cm³/mol. The van der Waals surface area contributed by atoms with Gasteiger partial charge in [0.25, 0.3) is 5.91 Å². The number of amides is 2. The van der Waals surface area contributed by atoms with Crippen molar-refractivity contribution in [2.24, 2.45) is 0 Å². The Labute approximate surface area is 153 Å². The molecule has 2 N–H and O–H groups in total. The first-order valence-electron chi connectivity index (χ1n) is 8.09. The normalized spacial score (nSPS) is 19.1. The molecule has 0 radical (unpaired) electrons. The smallest absolute Gasteiger partial charge is 0.286 e. The average molecular weight is 409 g/mol. The molecule has 0 bridgehead atoms. The first kappa shape index (κ1) is 17.7. The molecule has 1 aliphatic rings. The van der Waals surface area contributed by atoms with Crippen molar-refractivity contribution in [1.82, 2.24) is 10.6 Å². The Morgan fingerprint density at radius 2 is 2.08 bits per heavy atom. The second-order valence-electron chi connectivity index (χ2n) is 6.09. The monoisotopic (exact) mass is 408 g/mol. The summed E-state index contributed by atoms with van der Waals surface area (Å²) in [4.78, 5) is 23.6. The largest absolute Gasteiger partial charge is 0.459 e. The van der Waals surface area contributed by atoms with Gasteiger partial charge in [-0.05, 0) is 64.5 Å². The highest BCUT2D eigenvalue weighted by Crippen LogP contribution is 2.38. The van der Waals surface area contributed by atoms with Crippen LogP contribution in [-0.2, 0) is 4.79 Å². The summed E-state index contributed by atoms with van der Waals surface area (Å²) in [5.41, 5.74) is 1.07. The van der Waals surface area contributed by atoms with Crippen LogP contribution in [0.5, 0.6) is 0 Å². The van der Waals surface area contributed by atoms with Gasteiger partial charge in [0.1, 0.15) is 5.82 Å². The van der Waals surface area contributed by atoms with E-state index in [0.717, 1.165) is 18.4 Å². The molecule has 132 valence electrons. The third-order valence-corrected chi connectivity index (χ3v) is 4.91. The molecule has 0 atom stereocenters. The van der Waals surface area contributed by atoms with E-state index in [-0.39, 0.29) is 42.4 Å². The van der Waals surface area contributed by atoms with E-state index in [2.05, 4.69) is 26.6 Å². The Morgan fingerprint density at radius 1 is 1.28 bits per heavy atom. The summed E-state index contributed by atoms with van der Waals surface area (Å²) in [6, 6.07) is 8.36. The molecule has 1 aromatic heterocycles. The fourth-order valence-corrected chi connectivity index (χ4v) is 3.25. The highest BCUT2D eigenvalue weighted by molar-refractivity contribution is 9.10. The quantitative estimate of drug-likeness (QED) is 0.769. The highest BCUT2D eigenvalue weighted by Gasteiger charge is 2.31. The standard InChI is InChI=1S/C18H18BrFN2O3/c19-14-10-11(3-4-15(14)20)12-8-13(9-12)22-17(23)5-6-21-18(24)16-2-1-7-25-16/h1-4,7,10,12-13H,5-6,8-9H2,(H,21,24)(H,22,23). The molecular weight excluding hydrogens is 391 g/mol. The number of carbonyl (C=O) groups excluding carboxylic acids is 2. The number of furan rings is 1. The fraction of sp³-hybridized carbons (Fsp3) is 0.333. The Hall–Kier alpha value is -2.15. The van der Waals surface area contributed by atoms with E-state index >= 15 is 0 Å². The van der Waals surface area contributed by atoms with Crippen LogP contribution >= 0.6 is 15.9 Å². The topological polar surface area (TPSA) is 71.3 Å². The molecule has 1 fully saturated rings. The lowest BCUT2D eigenvalue weighted by molar-refractivity contribution is -0.122. The third kappa shape index (κ3) is 4.48. The first-order chi connectivity index (χ1) is 12.0. The molecule has 2 aromatic rings. The van der Waals surface area contributed by atoms with Crippen LogP contribution in [0, 0.1) is 5.82 Å². The lowest BCUT2D eigenvalue weighted by atomic mass is 9.76. The SMILES string of the molecule is O=C(CCNC(=O)c1ccco1)NC1CC(c2ccc(F)c(Br)c2)C1. The number of benzene rings is 1. The molecule has 2 amide bonds. The lowest BCUT2D eigenvalue weighted by Gasteiger charge is -2.36. The van der Waals surface area contributed by atoms with Crippen LogP contribution in [0.1, 0.15) is 41.3 Å². The van der Waals surface area contributed by atoms with Gasteiger partial charge in [-0.1, -0.05) is 6.07 Å². The van der Waals surface area contributed by atoms with E-state index in [4.69, 9.17) is 4.42 Å². The minimum absolute atomic E-state index is 0.0940. The lowest BCUT2D eigenvalue weighted by Crippen LogP contribution is -2.44.